The lowest BCUT2D eigenvalue weighted by molar-refractivity contribution is -0.112. The van der Waals surface area contributed by atoms with Crippen LogP contribution in [0.15, 0.2) is 66.2 Å². The van der Waals surface area contributed by atoms with Crippen molar-refractivity contribution in [1.29, 1.82) is 5.26 Å². The number of nitriles is 1. The molecule has 0 radical (unpaired) electrons. The van der Waals surface area contributed by atoms with Gasteiger partial charge in [0.2, 0.25) is 0 Å². The topological polar surface area (TPSA) is 88.4 Å². The summed E-state index contributed by atoms with van der Waals surface area (Å²) in [6.45, 7) is 0. The highest BCUT2D eigenvalue weighted by atomic mass is 127. The number of hydrogen-bond donors (Lipinski definition) is 1. The number of methoxy groups -OCH3 is 2. The van der Waals surface area contributed by atoms with E-state index in [-0.39, 0.29) is 11.4 Å². The highest BCUT2D eigenvalue weighted by Crippen LogP contribution is 2.30. The molecule has 6 nitrogen and oxygen atoms in total. The van der Waals surface area contributed by atoms with Crippen molar-refractivity contribution in [1.82, 2.24) is 0 Å². The van der Waals surface area contributed by atoms with Gasteiger partial charge in [-0.25, -0.2) is 9.18 Å². The highest BCUT2D eigenvalue weighted by molar-refractivity contribution is 14.1. The van der Waals surface area contributed by atoms with Crippen LogP contribution in [0.1, 0.15) is 27.0 Å². The van der Waals surface area contributed by atoms with Crippen LogP contribution >= 0.6 is 22.6 Å². The molecule has 0 aromatic heterocycles. The van der Waals surface area contributed by atoms with Crippen LogP contribution in [0.25, 0.3) is 6.08 Å². The summed E-state index contributed by atoms with van der Waals surface area (Å²) < 4.78 is 24.6. The van der Waals surface area contributed by atoms with E-state index in [1.807, 2.05) is 18.2 Å². The van der Waals surface area contributed by atoms with Crippen LogP contribution < -0.4 is 10.1 Å². The number of rotatable bonds is 7. The molecule has 0 bridgehead atoms. The number of nitrogens with zero attached hydrogens (tertiary/aromatic N) is 1. The molecule has 0 heterocycles. The second kappa shape index (κ2) is 11.4. The summed E-state index contributed by atoms with van der Waals surface area (Å²) in [7, 11) is 2.82. The summed E-state index contributed by atoms with van der Waals surface area (Å²) in [5, 5.41) is 12.2. The molecule has 172 valence electrons. The van der Waals surface area contributed by atoms with Gasteiger partial charge in [-0.2, -0.15) is 5.26 Å². The van der Waals surface area contributed by atoms with Crippen molar-refractivity contribution >= 4 is 46.2 Å². The Bertz CT molecular complexity index is 1300. The third-order valence-corrected chi connectivity index (χ3v) is 5.87. The molecule has 0 fully saturated rings. The van der Waals surface area contributed by atoms with Crippen LogP contribution in [-0.2, 0) is 16.0 Å². The van der Waals surface area contributed by atoms with E-state index < -0.39 is 11.9 Å². The van der Waals surface area contributed by atoms with Crippen molar-refractivity contribution < 1.29 is 23.5 Å². The average molecular weight is 570 g/mol. The standard InChI is InChI=1S/C26H20FIN2O4/c1-33-24-14-17(13-23(28)22(24)12-16-4-3-5-20(27)11-16)10-19(15-29)25(31)30-21-8-6-18(7-9-21)26(32)34-2/h3-11,13-14H,12H2,1-2H3,(H,30,31)/b19-10+. The van der Waals surface area contributed by atoms with E-state index in [1.165, 1.54) is 44.6 Å². The smallest absolute Gasteiger partial charge is 0.337 e. The zero-order valence-electron chi connectivity index (χ0n) is 18.4. The Labute approximate surface area is 210 Å². The van der Waals surface area contributed by atoms with E-state index >= 15 is 0 Å². The summed E-state index contributed by atoms with van der Waals surface area (Å²) in [6.07, 6.45) is 1.94. The number of hydrogen-bond acceptors (Lipinski definition) is 5. The van der Waals surface area contributed by atoms with E-state index in [0.29, 0.717) is 29.0 Å². The van der Waals surface area contributed by atoms with Gasteiger partial charge in [0.25, 0.3) is 5.91 Å². The SMILES string of the molecule is COC(=O)c1ccc(NC(=O)/C(C#N)=C/c2cc(I)c(Cc3cccc(F)c3)c(OC)c2)cc1. The number of nitrogens with one attached hydrogen (secondary N) is 1. The fourth-order valence-electron chi connectivity index (χ4n) is 3.24. The molecule has 0 atom stereocenters. The number of anilines is 1. The molecule has 0 aliphatic rings. The summed E-state index contributed by atoms with van der Waals surface area (Å²) in [5.74, 6) is -0.819. The summed E-state index contributed by atoms with van der Waals surface area (Å²) in [4.78, 5) is 24.2. The summed E-state index contributed by atoms with van der Waals surface area (Å²) in [5.41, 5.74) is 2.95. The van der Waals surface area contributed by atoms with Gasteiger partial charge >= 0.3 is 5.97 Å². The number of amides is 1. The lowest BCUT2D eigenvalue weighted by Crippen LogP contribution is -2.13. The zero-order valence-corrected chi connectivity index (χ0v) is 20.6. The third kappa shape index (κ3) is 6.20. The normalized spacial score (nSPS) is 10.9. The van der Waals surface area contributed by atoms with Gasteiger partial charge in [-0.1, -0.05) is 12.1 Å². The predicted molar refractivity (Wildman–Crippen MR) is 135 cm³/mol. The van der Waals surface area contributed by atoms with E-state index in [1.54, 1.807) is 24.3 Å². The Balaban J connectivity index is 1.83. The molecule has 0 aliphatic heterocycles. The van der Waals surface area contributed by atoms with Gasteiger partial charge in [0.05, 0.1) is 19.8 Å². The van der Waals surface area contributed by atoms with E-state index in [0.717, 1.165) is 14.7 Å². The molecule has 8 heteroatoms. The third-order valence-electron chi connectivity index (χ3n) is 4.91. The highest BCUT2D eigenvalue weighted by Gasteiger charge is 2.14. The van der Waals surface area contributed by atoms with E-state index in [9.17, 15) is 19.2 Å². The fourth-order valence-corrected chi connectivity index (χ4v) is 4.06. The summed E-state index contributed by atoms with van der Waals surface area (Å²) >= 11 is 2.15. The Hall–Kier alpha value is -3.71. The molecule has 0 unspecified atom stereocenters. The molecule has 0 saturated heterocycles. The predicted octanol–water partition coefficient (Wildman–Crippen LogP) is 5.36. The molecule has 3 aromatic carbocycles. The number of carbonyl (C=O) groups is 2. The summed E-state index contributed by atoms with van der Waals surface area (Å²) in [6, 6.07) is 18.0. The maximum Gasteiger partial charge on any atom is 0.337 e. The van der Waals surface area contributed by atoms with Crippen molar-refractivity contribution in [3.8, 4) is 11.8 Å². The van der Waals surface area contributed by atoms with Gasteiger partial charge in [0.15, 0.2) is 0 Å². The van der Waals surface area contributed by atoms with Gasteiger partial charge in [-0.15, -0.1) is 0 Å². The number of halogens is 2. The molecular formula is C26H20FIN2O4. The minimum Gasteiger partial charge on any atom is -0.496 e. The molecule has 1 N–H and O–H groups in total. The van der Waals surface area contributed by atoms with Crippen molar-refractivity contribution in [2.45, 2.75) is 6.42 Å². The lowest BCUT2D eigenvalue weighted by Gasteiger charge is -2.13. The lowest BCUT2D eigenvalue weighted by atomic mass is 10.0. The van der Waals surface area contributed by atoms with Crippen molar-refractivity contribution in [3.05, 3.63) is 97.9 Å². The number of benzene rings is 3. The molecule has 1 amide bonds. The molecule has 3 aromatic rings. The number of carbonyl (C=O) groups excluding carboxylic acids is 2. The minimum absolute atomic E-state index is 0.104. The largest absolute Gasteiger partial charge is 0.496 e. The van der Waals surface area contributed by atoms with Gasteiger partial charge in [-0.3, -0.25) is 4.79 Å². The van der Waals surface area contributed by atoms with E-state index in [2.05, 4.69) is 32.6 Å². The van der Waals surface area contributed by atoms with Crippen molar-refractivity contribution in [2.24, 2.45) is 0 Å². The molecule has 0 saturated carbocycles. The zero-order chi connectivity index (χ0) is 24.7. The number of esters is 1. The van der Waals surface area contributed by atoms with Crippen molar-refractivity contribution in [3.63, 3.8) is 0 Å². The van der Waals surface area contributed by atoms with Crippen LogP contribution in [0.3, 0.4) is 0 Å². The first kappa shape index (κ1) is 24.9. The van der Waals surface area contributed by atoms with Crippen LogP contribution in [0.4, 0.5) is 10.1 Å². The minimum atomic E-state index is -0.592. The second-order valence-corrected chi connectivity index (χ2v) is 8.35. The first-order valence-electron chi connectivity index (χ1n) is 10.1. The molecular weight excluding hydrogens is 550 g/mol. The van der Waals surface area contributed by atoms with Crippen LogP contribution in [-0.4, -0.2) is 26.1 Å². The molecule has 34 heavy (non-hydrogen) atoms. The van der Waals surface area contributed by atoms with Gasteiger partial charge in [-0.05, 0) is 88.3 Å². The average Bonchev–Trinajstić information content (AvgIpc) is 2.83. The van der Waals surface area contributed by atoms with Gasteiger partial charge < -0.3 is 14.8 Å². The second-order valence-electron chi connectivity index (χ2n) is 7.18. The molecule has 0 aliphatic carbocycles. The molecule has 0 spiro atoms. The van der Waals surface area contributed by atoms with E-state index in [4.69, 9.17) is 4.74 Å². The number of ether oxygens (including phenoxy) is 2. The van der Waals surface area contributed by atoms with Crippen LogP contribution in [0, 0.1) is 20.7 Å². The Morgan fingerprint density at radius 2 is 1.85 bits per heavy atom. The Kier molecular flexibility index (Phi) is 8.38. The first-order chi connectivity index (χ1) is 16.3. The van der Waals surface area contributed by atoms with Crippen LogP contribution in [0.5, 0.6) is 5.75 Å². The van der Waals surface area contributed by atoms with Gasteiger partial charge in [0, 0.05) is 21.2 Å². The quantitative estimate of drug-likeness (QED) is 0.179. The fraction of sp³-hybridized carbons (Fsp3) is 0.115. The van der Waals surface area contributed by atoms with Crippen molar-refractivity contribution in [2.75, 3.05) is 19.5 Å². The monoisotopic (exact) mass is 570 g/mol. The maximum atomic E-state index is 13.6. The Morgan fingerprint density at radius 1 is 1.12 bits per heavy atom. The van der Waals surface area contributed by atoms with Gasteiger partial charge in [0.1, 0.15) is 23.2 Å². The molecule has 3 rings (SSSR count). The maximum absolute atomic E-state index is 13.6. The first-order valence-corrected chi connectivity index (χ1v) is 11.1. The van der Waals surface area contributed by atoms with Crippen LogP contribution in [0.2, 0.25) is 0 Å². The Morgan fingerprint density at radius 3 is 2.47 bits per heavy atom.